The molecule has 0 spiro atoms. The van der Waals surface area contributed by atoms with E-state index in [1.54, 1.807) is 18.1 Å². The molecule has 0 radical (unpaired) electrons. The number of benzene rings is 2. The Labute approximate surface area is 248 Å². The summed E-state index contributed by atoms with van der Waals surface area (Å²) in [6.45, 7) is 2.15. The lowest BCUT2D eigenvalue weighted by molar-refractivity contribution is -0.141. The van der Waals surface area contributed by atoms with Crippen LogP contribution in [-0.4, -0.2) is 57.1 Å². The molecule has 0 heterocycles. The highest BCUT2D eigenvalue weighted by atomic mass is 35.5. The van der Waals surface area contributed by atoms with E-state index in [-0.39, 0.29) is 54.5 Å². The van der Waals surface area contributed by atoms with Crippen LogP contribution in [0.15, 0.2) is 42.5 Å². The first-order valence-corrected chi connectivity index (χ1v) is 16.3. The molecule has 1 saturated carbocycles. The van der Waals surface area contributed by atoms with Crippen molar-refractivity contribution in [2.45, 2.75) is 76.9 Å². The topological polar surface area (TPSA) is 96.0 Å². The summed E-state index contributed by atoms with van der Waals surface area (Å²) in [5.41, 5.74) is 1.09. The maximum Gasteiger partial charge on any atom is 0.243 e. The maximum absolute atomic E-state index is 13.7. The van der Waals surface area contributed by atoms with E-state index in [0.717, 1.165) is 41.8 Å². The Hall–Kier alpha value is -2.49. The number of hydrogen-bond donors (Lipinski definition) is 1. The summed E-state index contributed by atoms with van der Waals surface area (Å²) in [7, 11) is -2.12. The van der Waals surface area contributed by atoms with Gasteiger partial charge in [0.05, 0.1) is 24.1 Å². The van der Waals surface area contributed by atoms with Crippen LogP contribution in [0, 0.1) is 0 Å². The van der Waals surface area contributed by atoms with Crippen molar-refractivity contribution in [2.24, 2.45) is 0 Å². The Bertz CT molecular complexity index is 1270. The predicted octanol–water partition coefficient (Wildman–Crippen LogP) is 5.80. The van der Waals surface area contributed by atoms with Crippen molar-refractivity contribution in [1.82, 2.24) is 10.2 Å². The molecule has 1 atom stereocenters. The molecular formula is C29H39Cl2N3O5S. The van der Waals surface area contributed by atoms with Crippen molar-refractivity contribution in [3.05, 3.63) is 58.1 Å². The first kappa shape index (κ1) is 32.0. The molecule has 0 bridgehead atoms. The fraction of sp³-hybridized carbons (Fsp3) is 0.517. The molecule has 1 fully saturated rings. The van der Waals surface area contributed by atoms with Gasteiger partial charge in [-0.2, -0.15) is 0 Å². The van der Waals surface area contributed by atoms with E-state index >= 15 is 0 Å². The molecule has 2 aromatic rings. The fourth-order valence-electron chi connectivity index (χ4n) is 5.09. The van der Waals surface area contributed by atoms with Crippen molar-refractivity contribution >= 4 is 50.7 Å². The largest absolute Gasteiger partial charge is 0.497 e. The van der Waals surface area contributed by atoms with Crippen LogP contribution in [0.1, 0.15) is 63.9 Å². The van der Waals surface area contributed by atoms with Gasteiger partial charge in [-0.25, -0.2) is 8.42 Å². The second kappa shape index (κ2) is 14.9. The zero-order valence-corrected chi connectivity index (χ0v) is 25.7. The number of methoxy groups -OCH3 is 1. The third-order valence-electron chi connectivity index (χ3n) is 7.15. The molecule has 0 saturated heterocycles. The van der Waals surface area contributed by atoms with Gasteiger partial charge in [-0.3, -0.25) is 13.9 Å². The molecule has 1 aliphatic rings. The molecule has 220 valence electrons. The van der Waals surface area contributed by atoms with Gasteiger partial charge < -0.3 is 15.0 Å². The molecule has 1 aliphatic carbocycles. The molecule has 2 aromatic carbocycles. The summed E-state index contributed by atoms with van der Waals surface area (Å²) in [5, 5.41) is 3.76. The van der Waals surface area contributed by atoms with Crippen LogP contribution in [0.4, 0.5) is 5.69 Å². The van der Waals surface area contributed by atoms with Gasteiger partial charge in [-0.1, -0.05) is 61.5 Å². The number of carbonyl (C=O) groups is 2. The number of ether oxygens (including phenoxy) is 1. The van der Waals surface area contributed by atoms with E-state index in [1.807, 2.05) is 31.2 Å². The standard InChI is InChI=1S/C29H39Cl2N3O5S/c1-4-26(29(36)32-23-11-6-5-7-12-23)33(20-21-10-8-13-24(18-21)39-2)28(35)14-9-17-34(40(3,37)38)27-19-22(30)15-16-25(27)31/h8,10,13,15-16,18-19,23,26H,4-7,9,11-12,14,17,20H2,1-3H3,(H,32,36)/t26-/m1/s1. The molecule has 11 heteroatoms. The molecule has 40 heavy (non-hydrogen) atoms. The normalized spacial score (nSPS) is 14.8. The highest BCUT2D eigenvalue weighted by Gasteiger charge is 2.30. The van der Waals surface area contributed by atoms with Crippen molar-refractivity contribution in [2.75, 3.05) is 24.2 Å². The van der Waals surface area contributed by atoms with Gasteiger partial charge in [0, 0.05) is 30.6 Å². The number of rotatable bonds is 13. The molecule has 0 unspecified atom stereocenters. The highest BCUT2D eigenvalue weighted by Crippen LogP contribution is 2.31. The molecule has 1 N–H and O–H groups in total. The number of halogens is 2. The van der Waals surface area contributed by atoms with Gasteiger partial charge in [0.25, 0.3) is 0 Å². The number of nitrogens with zero attached hydrogens (tertiary/aromatic N) is 2. The summed E-state index contributed by atoms with van der Waals surface area (Å²) < 4.78 is 31.7. The van der Waals surface area contributed by atoms with Gasteiger partial charge in [-0.05, 0) is 61.6 Å². The third-order valence-corrected chi connectivity index (χ3v) is 8.89. The van der Waals surface area contributed by atoms with E-state index in [4.69, 9.17) is 27.9 Å². The quantitative estimate of drug-likeness (QED) is 0.308. The Morgan fingerprint density at radius 1 is 1.10 bits per heavy atom. The first-order chi connectivity index (χ1) is 19.0. The number of nitrogens with one attached hydrogen (secondary N) is 1. The zero-order chi connectivity index (χ0) is 29.3. The summed E-state index contributed by atoms with van der Waals surface area (Å²) in [6.07, 6.45) is 7.04. The number of hydrogen-bond acceptors (Lipinski definition) is 5. The average molecular weight is 613 g/mol. The van der Waals surface area contributed by atoms with Gasteiger partial charge in [0.2, 0.25) is 21.8 Å². The summed E-state index contributed by atoms with van der Waals surface area (Å²) in [4.78, 5) is 28.7. The summed E-state index contributed by atoms with van der Waals surface area (Å²) >= 11 is 12.4. The summed E-state index contributed by atoms with van der Waals surface area (Å²) in [5.74, 6) is 0.264. The van der Waals surface area contributed by atoms with Crippen LogP contribution < -0.4 is 14.4 Å². The molecule has 0 aliphatic heterocycles. The van der Waals surface area contributed by atoms with Crippen LogP contribution in [0.2, 0.25) is 10.0 Å². The minimum atomic E-state index is -3.70. The minimum Gasteiger partial charge on any atom is -0.497 e. The Morgan fingerprint density at radius 3 is 2.48 bits per heavy atom. The Kier molecular flexibility index (Phi) is 12.0. The van der Waals surface area contributed by atoms with E-state index in [2.05, 4.69) is 5.32 Å². The Balaban J connectivity index is 1.79. The van der Waals surface area contributed by atoms with E-state index in [9.17, 15) is 18.0 Å². The Morgan fingerprint density at radius 2 is 1.82 bits per heavy atom. The van der Waals surface area contributed by atoms with Crippen LogP contribution in [-0.2, 0) is 26.2 Å². The molecular weight excluding hydrogens is 573 g/mol. The zero-order valence-electron chi connectivity index (χ0n) is 23.4. The third kappa shape index (κ3) is 9.01. The second-order valence-electron chi connectivity index (χ2n) is 10.2. The SMILES string of the molecule is CC[C@H](C(=O)NC1CCCCC1)N(Cc1cccc(OC)c1)C(=O)CCCN(c1cc(Cl)ccc1Cl)S(C)(=O)=O. The molecule has 0 aromatic heterocycles. The van der Waals surface area contributed by atoms with Gasteiger partial charge >= 0.3 is 0 Å². The van der Waals surface area contributed by atoms with E-state index < -0.39 is 16.1 Å². The average Bonchev–Trinajstić information content (AvgIpc) is 2.92. The fourth-order valence-corrected chi connectivity index (χ4v) is 6.50. The van der Waals surface area contributed by atoms with E-state index in [0.29, 0.717) is 17.2 Å². The monoisotopic (exact) mass is 611 g/mol. The van der Waals surface area contributed by atoms with Gasteiger partial charge in [0.15, 0.2) is 0 Å². The number of amides is 2. The first-order valence-electron chi connectivity index (χ1n) is 13.7. The molecule has 2 amide bonds. The lowest BCUT2D eigenvalue weighted by Crippen LogP contribution is -2.51. The molecule has 3 rings (SSSR count). The lowest BCUT2D eigenvalue weighted by Gasteiger charge is -2.33. The minimum absolute atomic E-state index is 0.0305. The van der Waals surface area contributed by atoms with Gasteiger partial charge in [0.1, 0.15) is 11.8 Å². The van der Waals surface area contributed by atoms with E-state index in [1.165, 1.54) is 18.6 Å². The lowest BCUT2D eigenvalue weighted by atomic mass is 9.95. The van der Waals surface area contributed by atoms with Crippen LogP contribution in [0.25, 0.3) is 0 Å². The van der Waals surface area contributed by atoms with Crippen molar-refractivity contribution in [1.29, 1.82) is 0 Å². The predicted molar refractivity (Wildman–Crippen MR) is 161 cm³/mol. The van der Waals surface area contributed by atoms with Crippen molar-refractivity contribution in [3.63, 3.8) is 0 Å². The van der Waals surface area contributed by atoms with Crippen molar-refractivity contribution in [3.8, 4) is 5.75 Å². The molecule has 8 nitrogen and oxygen atoms in total. The maximum atomic E-state index is 13.7. The number of sulfonamides is 1. The van der Waals surface area contributed by atoms with Crippen molar-refractivity contribution < 1.29 is 22.7 Å². The van der Waals surface area contributed by atoms with Crippen LogP contribution >= 0.6 is 23.2 Å². The highest BCUT2D eigenvalue weighted by molar-refractivity contribution is 7.92. The van der Waals surface area contributed by atoms with Crippen LogP contribution in [0.3, 0.4) is 0 Å². The second-order valence-corrected chi connectivity index (χ2v) is 12.9. The summed E-state index contributed by atoms with van der Waals surface area (Å²) in [6, 6.07) is 11.5. The van der Waals surface area contributed by atoms with Crippen LogP contribution in [0.5, 0.6) is 5.75 Å². The van der Waals surface area contributed by atoms with Gasteiger partial charge in [-0.15, -0.1) is 0 Å². The number of carbonyl (C=O) groups excluding carboxylic acids is 2. The smallest absolute Gasteiger partial charge is 0.243 e. The number of anilines is 1.